The first-order valence-electron chi connectivity index (χ1n) is 28.8. The van der Waals surface area contributed by atoms with Crippen LogP contribution in [0.2, 0.25) is 0 Å². The molecule has 8 atom stereocenters. The van der Waals surface area contributed by atoms with Crippen LogP contribution < -0.4 is 63.8 Å². The highest BCUT2D eigenvalue weighted by Crippen LogP contribution is 2.24. The summed E-state index contributed by atoms with van der Waals surface area (Å²) in [7, 11) is 0. The van der Waals surface area contributed by atoms with Crippen LogP contribution in [0.4, 0.5) is 19.2 Å². The van der Waals surface area contributed by atoms with E-state index < -0.39 is 161 Å². The number of nitrogens with zero attached hydrogens (tertiary/aromatic N) is 1. The summed E-state index contributed by atoms with van der Waals surface area (Å²) in [4.78, 5) is 173. The normalized spacial score (nSPS) is 16.3. The van der Waals surface area contributed by atoms with Gasteiger partial charge in [-0.3, -0.25) is 43.2 Å². The Morgan fingerprint density at radius 1 is 0.500 bits per heavy atom. The fraction of sp³-hybridized carbons (Fsp3) is 0.764. The van der Waals surface area contributed by atoms with Gasteiger partial charge in [0, 0.05) is 45.2 Å². The van der Waals surface area contributed by atoms with E-state index in [0.717, 1.165) is 4.90 Å². The van der Waals surface area contributed by atoms with Crippen molar-refractivity contribution in [3.05, 3.63) is 0 Å². The largest absolute Gasteiger partial charge is 0.444 e. The molecular formula is C55H97N13O18. The zero-order valence-corrected chi connectivity index (χ0v) is 52.9. The minimum atomic E-state index is -1.52. The number of carbonyl (C=O) groups excluding carboxylic acids is 13. The highest BCUT2D eigenvalue weighted by molar-refractivity contribution is 5.98. The van der Waals surface area contributed by atoms with Crippen LogP contribution in [0.5, 0.6) is 0 Å². The van der Waals surface area contributed by atoms with Crippen molar-refractivity contribution in [3.8, 4) is 0 Å². The van der Waals surface area contributed by atoms with Gasteiger partial charge in [-0.25, -0.2) is 19.2 Å². The fourth-order valence-corrected chi connectivity index (χ4v) is 8.04. The Labute approximate surface area is 503 Å². The molecule has 1 saturated heterocycles. The van der Waals surface area contributed by atoms with E-state index in [1.165, 1.54) is 6.92 Å². The van der Waals surface area contributed by atoms with Gasteiger partial charge in [-0.2, -0.15) is 0 Å². The van der Waals surface area contributed by atoms with Crippen LogP contribution in [0.25, 0.3) is 0 Å². The Kier molecular flexibility index (Phi) is 31.6. The Bertz CT molecular complexity index is 2340. The van der Waals surface area contributed by atoms with Crippen LogP contribution >= 0.6 is 0 Å². The topological polar surface area (TPSA) is 427 Å². The maximum Gasteiger partial charge on any atom is 0.407 e. The lowest BCUT2D eigenvalue weighted by molar-refractivity contribution is -0.142. The molecule has 0 saturated carbocycles. The summed E-state index contributed by atoms with van der Waals surface area (Å²) in [5, 5.41) is 40.4. The number of likely N-dealkylation sites (N-methyl/N-ethyl adjacent to an activating group) is 1. The highest BCUT2D eigenvalue weighted by atomic mass is 16.6. The number of ether oxygens (including phenoxy) is 4. The lowest BCUT2D eigenvalue weighted by Gasteiger charge is -2.32. The molecule has 0 aliphatic carbocycles. The van der Waals surface area contributed by atoms with Gasteiger partial charge in [-0.1, -0.05) is 6.92 Å². The van der Waals surface area contributed by atoms with Crippen molar-refractivity contribution in [1.82, 2.24) is 68.7 Å². The number of likely N-dealkylation sites (tertiary alicyclic amines) is 1. The third kappa shape index (κ3) is 32.0. The van der Waals surface area contributed by atoms with E-state index >= 15 is 0 Å². The minimum Gasteiger partial charge on any atom is -0.444 e. The molecule has 86 heavy (non-hydrogen) atoms. The van der Waals surface area contributed by atoms with Gasteiger partial charge in [0.05, 0.1) is 19.2 Å². The van der Waals surface area contributed by atoms with E-state index in [1.807, 2.05) is 0 Å². The SMILES string of the molecule is CCCC(=O)NC(CCNC(=O)OC(C)(C)C)C(=O)NCC(=O)NC(CCNC(=O)OC(C)(C)C)C(=O)NCC(=O)NC1CC(C)N(C(CCNC(=O)OC(C)(C)C)C(=O)NC(CCNC(=O)OC(C)(C)C)C(=O)NC(C(=O)NCC)C(C)O)C1=O. The van der Waals surface area contributed by atoms with Crippen molar-refractivity contribution in [2.45, 2.75) is 227 Å². The van der Waals surface area contributed by atoms with Crippen molar-refractivity contribution in [1.29, 1.82) is 0 Å². The van der Waals surface area contributed by atoms with Crippen LogP contribution in [0.1, 0.15) is 156 Å². The number of hydrogen-bond acceptors (Lipinski definition) is 18. The average Bonchev–Trinajstić information content (AvgIpc) is 2.42. The third-order valence-corrected chi connectivity index (χ3v) is 11.6. The monoisotopic (exact) mass is 1230 g/mol. The molecule has 1 fully saturated rings. The number of amides is 13. The molecule has 31 nitrogen and oxygen atoms in total. The summed E-state index contributed by atoms with van der Waals surface area (Å²) in [5.41, 5.74) is -3.48. The van der Waals surface area contributed by atoms with Crippen LogP contribution in [0.3, 0.4) is 0 Å². The first-order chi connectivity index (χ1) is 39.6. The maximum absolute atomic E-state index is 14.5. The fourth-order valence-electron chi connectivity index (χ4n) is 8.04. The van der Waals surface area contributed by atoms with Gasteiger partial charge in [0.15, 0.2) is 0 Å². The number of alkyl carbamates (subject to hydrolysis) is 4. The Morgan fingerprint density at radius 2 is 0.884 bits per heavy atom. The molecule has 0 aromatic heterocycles. The zero-order valence-electron chi connectivity index (χ0n) is 52.9. The molecule has 490 valence electrons. The molecule has 13 amide bonds. The number of hydrogen-bond donors (Lipinski definition) is 13. The molecule has 8 unspecified atom stereocenters. The van der Waals surface area contributed by atoms with E-state index in [0.29, 0.717) is 6.42 Å². The molecule has 1 heterocycles. The number of carbonyl (C=O) groups is 13. The molecule has 0 bridgehead atoms. The lowest BCUT2D eigenvalue weighted by Crippen LogP contribution is -2.60. The third-order valence-electron chi connectivity index (χ3n) is 11.6. The van der Waals surface area contributed by atoms with Crippen molar-refractivity contribution >= 4 is 77.5 Å². The smallest absolute Gasteiger partial charge is 0.407 e. The van der Waals surface area contributed by atoms with E-state index in [4.69, 9.17) is 18.9 Å². The van der Waals surface area contributed by atoms with E-state index in [9.17, 15) is 67.4 Å². The molecule has 0 aromatic carbocycles. The van der Waals surface area contributed by atoms with Crippen LogP contribution in [0, 0.1) is 0 Å². The standard InChI is InChI=1S/C55H97N13O18/c1-17-19-38(70)63-33(20-24-57-48(79)83-52(5,6)7)42(73)61-29-39(71)64-34(21-25-58-49(80)84-53(8,9)10)43(74)62-30-40(72)65-36-28-31(3)68(47(36)78)37(23-27-60-51(82)86-55(14,15)16)45(76)66-35(22-26-59-50(81)85-54(11,12)13)44(75)67-41(32(4)69)46(77)56-18-2/h31-37,41,69H,17-30H2,1-16H3,(H,56,77)(H,57,79)(H,58,80)(H,59,81)(H,60,82)(H,61,73)(H,62,74)(H,63,70)(H,64,71)(H,65,72)(H,66,76)(H,67,75). The van der Waals surface area contributed by atoms with Gasteiger partial charge in [0.25, 0.3) is 0 Å². The van der Waals surface area contributed by atoms with Crippen LogP contribution in [-0.4, -0.2) is 204 Å². The quantitative estimate of drug-likeness (QED) is 0.0393. The van der Waals surface area contributed by atoms with Crippen molar-refractivity contribution in [2.24, 2.45) is 0 Å². The first-order valence-corrected chi connectivity index (χ1v) is 28.8. The average molecular weight is 1230 g/mol. The molecule has 13 N–H and O–H groups in total. The number of rotatable bonds is 31. The summed E-state index contributed by atoms with van der Waals surface area (Å²) in [6.45, 7) is 23.7. The van der Waals surface area contributed by atoms with Crippen LogP contribution in [0.15, 0.2) is 0 Å². The molecule has 31 heteroatoms. The van der Waals surface area contributed by atoms with Gasteiger partial charge < -0.3 is 92.8 Å². The second-order valence-electron chi connectivity index (χ2n) is 24.4. The highest BCUT2D eigenvalue weighted by Gasteiger charge is 2.45. The van der Waals surface area contributed by atoms with E-state index in [-0.39, 0.29) is 71.2 Å². The predicted octanol–water partition coefficient (Wildman–Crippen LogP) is -0.392. The van der Waals surface area contributed by atoms with Gasteiger partial charge in [-0.05, 0) is 142 Å². The van der Waals surface area contributed by atoms with E-state index in [2.05, 4.69) is 63.8 Å². The molecule has 1 rings (SSSR count). The predicted molar refractivity (Wildman–Crippen MR) is 311 cm³/mol. The summed E-state index contributed by atoms with van der Waals surface area (Å²) in [6, 6.07) is -9.22. The summed E-state index contributed by atoms with van der Waals surface area (Å²) < 4.78 is 21.1. The number of aliphatic hydroxyl groups excluding tert-OH is 1. The van der Waals surface area contributed by atoms with Crippen molar-refractivity contribution in [3.63, 3.8) is 0 Å². The van der Waals surface area contributed by atoms with Gasteiger partial charge >= 0.3 is 24.4 Å². The second kappa shape index (κ2) is 35.7. The zero-order chi connectivity index (χ0) is 65.9. The maximum atomic E-state index is 14.5. The summed E-state index contributed by atoms with van der Waals surface area (Å²) in [5.74, 6) is -7.38. The number of aliphatic hydroxyl groups is 1. The van der Waals surface area contributed by atoms with Crippen molar-refractivity contribution < 1.29 is 86.4 Å². The second-order valence-corrected chi connectivity index (χ2v) is 24.4. The number of nitrogens with one attached hydrogen (secondary N) is 12. The van der Waals surface area contributed by atoms with Gasteiger partial charge in [0.2, 0.25) is 53.2 Å². The molecule has 0 spiro atoms. The first kappa shape index (κ1) is 76.3. The molecule has 0 radical (unpaired) electrons. The van der Waals surface area contributed by atoms with Gasteiger partial charge in [-0.15, -0.1) is 0 Å². The Balaban J connectivity index is 3.44. The van der Waals surface area contributed by atoms with Crippen molar-refractivity contribution in [2.75, 3.05) is 45.8 Å². The molecular weight excluding hydrogens is 1130 g/mol. The Hall–Kier alpha value is -7.73. The molecule has 0 aromatic rings. The van der Waals surface area contributed by atoms with Crippen LogP contribution in [-0.2, 0) is 62.1 Å². The summed E-state index contributed by atoms with van der Waals surface area (Å²) >= 11 is 0. The lowest BCUT2D eigenvalue weighted by atomic mass is 10.1. The van der Waals surface area contributed by atoms with Gasteiger partial charge in [0.1, 0.15) is 58.7 Å². The molecule has 1 aliphatic rings. The summed E-state index contributed by atoms with van der Waals surface area (Å²) in [6.07, 6.45) is -5.16. The Morgan fingerprint density at radius 3 is 1.27 bits per heavy atom. The molecule has 1 aliphatic heterocycles. The van der Waals surface area contributed by atoms with E-state index in [1.54, 1.807) is 104 Å². The minimum absolute atomic E-state index is 0.0843.